The summed E-state index contributed by atoms with van der Waals surface area (Å²) in [7, 11) is 0. The van der Waals surface area contributed by atoms with Crippen molar-refractivity contribution in [2.75, 3.05) is 26.2 Å². The molecule has 9 heteroatoms. The Bertz CT molecular complexity index is 1030. The average molecular weight is 444 g/mol. The molecule has 164 valence electrons. The zero-order valence-electron chi connectivity index (χ0n) is 17.5. The van der Waals surface area contributed by atoms with Crippen molar-refractivity contribution in [1.82, 2.24) is 19.6 Å². The molecule has 2 aliphatic rings. The van der Waals surface area contributed by atoms with E-state index in [0.717, 1.165) is 37.9 Å². The van der Waals surface area contributed by atoms with Crippen LogP contribution in [0.1, 0.15) is 52.6 Å². The third kappa shape index (κ3) is 4.50. The van der Waals surface area contributed by atoms with Crippen LogP contribution in [0.3, 0.4) is 0 Å². The van der Waals surface area contributed by atoms with Crippen LogP contribution in [0.25, 0.3) is 0 Å². The summed E-state index contributed by atoms with van der Waals surface area (Å²) >= 11 is 6.13. The van der Waals surface area contributed by atoms with Gasteiger partial charge in [-0.25, -0.2) is 4.79 Å². The van der Waals surface area contributed by atoms with Crippen molar-refractivity contribution in [2.24, 2.45) is 11.1 Å². The van der Waals surface area contributed by atoms with E-state index in [2.05, 4.69) is 10.00 Å². The number of nitrogens with two attached hydrogens (primary N) is 1. The number of carbonyl (C=O) groups is 3. The topological polar surface area (TPSA) is 102 Å². The number of hydrogen-bond donors (Lipinski definition) is 1. The summed E-state index contributed by atoms with van der Waals surface area (Å²) in [6, 6.07) is 6.55. The number of carbonyl (C=O) groups excluding carboxylic acids is 3. The Morgan fingerprint density at radius 1 is 1.13 bits per heavy atom. The second kappa shape index (κ2) is 8.43. The van der Waals surface area contributed by atoms with Gasteiger partial charge in [0, 0.05) is 49.9 Å². The van der Waals surface area contributed by atoms with Crippen molar-refractivity contribution in [2.45, 2.75) is 32.7 Å². The molecular weight excluding hydrogens is 418 g/mol. The quantitative estimate of drug-likeness (QED) is 0.732. The molecule has 2 saturated heterocycles. The summed E-state index contributed by atoms with van der Waals surface area (Å²) in [5, 5.41) is 4.67. The molecule has 2 amide bonds. The van der Waals surface area contributed by atoms with Crippen molar-refractivity contribution in [3.05, 3.63) is 52.3 Å². The second-order valence-electron chi connectivity index (χ2n) is 8.60. The summed E-state index contributed by atoms with van der Waals surface area (Å²) in [6.45, 7) is 5.22. The first-order chi connectivity index (χ1) is 14.8. The maximum absolute atomic E-state index is 12.7. The first-order valence-corrected chi connectivity index (χ1v) is 10.8. The van der Waals surface area contributed by atoms with Crippen LogP contribution in [0, 0.1) is 5.41 Å². The zero-order valence-corrected chi connectivity index (χ0v) is 18.3. The van der Waals surface area contributed by atoms with Gasteiger partial charge in [-0.2, -0.15) is 9.78 Å². The summed E-state index contributed by atoms with van der Waals surface area (Å²) in [5.74, 6) is -0.603. The molecule has 4 rings (SSSR count). The highest BCUT2D eigenvalue weighted by atomic mass is 35.5. The number of likely N-dealkylation sites (tertiary alicyclic amines) is 2. The lowest BCUT2D eigenvalue weighted by molar-refractivity contribution is 0.0993. The summed E-state index contributed by atoms with van der Waals surface area (Å²) in [6.07, 6.45) is 4.42. The Labute approximate surface area is 185 Å². The second-order valence-corrected chi connectivity index (χ2v) is 9.03. The first-order valence-electron chi connectivity index (χ1n) is 10.4. The highest BCUT2D eigenvalue weighted by molar-refractivity contribution is 6.30. The van der Waals surface area contributed by atoms with E-state index in [1.165, 1.54) is 11.6 Å². The van der Waals surface area contributed by atoms with Crippen LogP contribution in [0.2, 0.25) is 5.02 Å². The predicted octanol–water partition coefficient (Wildman–Crippen LogP) is 2.79. The van der Waals surface area contributed by atoms with Gasteiger partial charge in [-0.1, -0.05) is 11.6 Å². The minimum absolute atomic E-state index is 0.158. The molecular formula is C22H26ClN5O3. The highest BCUT2D eigenvalue weighted by Gasteiger charge is 2.41. The minimum Gasteiger partial charge on any atom is -0.366 e. The molecule has 0 radical (unpaired) electrons. The van der Waals surface area contributed by atoms with Crippen molar-refractivity contribution in [1.29, 1.82) is 0 Å². The van der Waals surface area contributed by atoms with Gasteiger partial charge in [-0.15, -0.1) is 0 Å². The number of Topliss-reactive ketones (excluding diaryl/α,β-unsaturated/α-hetero) is 1. The van der Waals surface area contributed by atoms with Gasteiger partial charge in [0.1, 0.15) is 5.69 Å². The average Bonchev–Trinajstić information content (AvgIpc) is 3.36. The summed E-state index contributed by atoms with van der Waals surface area (Å²) in [4.78, 5) is 40.0. The van der Waals surface area contributed by atoms with Gasteiger partial charge in [0.25, 0.3) is 0 Å². The molecule has 8 nitrogen and oxygen atoms in total. The number of rotatable bonds is 4. The Balaban J connectivity index is 1.37. The Hall–Kier alpha value is -2.71. The standard InChI is InChI=1S/C22H26ClN5O3/c1-15(29)19-4-8-28(25-19)21(31)27-10-6-22(7-11-27)5-9-26(14-22)13-16-12-17(23)2-3-18(16)20(24)30/h2-4,8,12H,5-7,9-11,13-14H2,1H3,(H2,24,30). The number of hydrogen-bond acceptors (Lipinski definition) is 5. The third-order valence-corrected chi connectivity index (χ3v) is 6.72. The fourth-order valence-corrected chi connectivity index (χ4v) is 4.88. The SMILES string of the molecule is CC(=O)c1ccn(C(=O)N2CCC3(CCN(Cc4cc(Cl)ccc4C(N)=O)C3)CC2)n1. The van der Waals surface area contributed by atoms with Crippen LogP contribution in [0.5, 0.6) is 0 Å². The number of halogens is 1. The number of piperidine rings is 1. The van der Waals surface area contributed by atoms with E-state index < -0.39 is 5.91 Å². The van der Waals surface area contributed by atoms with Crippen molar-refractivity contribution in [3.63, 3.8) is 0 Å². The molecule has 0 unspecified atom stereocenters. The Morgan fingerprint density at radius 2 is 1.84 bits per heavy atom. The largest absolute Gasteiger partial charge is 0.366 e. The fourth-order valence-electron chi connectivity index (χ4n) is 4.68. The molecule has 31 heavy (non-hydrogen) atoms. The van der Waals surface area contributed by atoms with Gasteiger partial charge in [-0.05, 0) is 61.1 Å². The molecule has 0 saturated carbocycles. The van der Waals surface area contributed by atoms with Crippen LogP contribution < -0.4 is 5.73 Å². The first kappa shape index (κ1) is 21.5. The van der Waals surface area contributed by atoms with E-state index in [9.17, 15) is 14.4 Å². The monoisotopic (exact) mass is 443 g/mol. The number of nitrogens with zero attached hydrogens (tertiary/aromatic N) is 4. The molecule has 3 heterocycles. The van der Waals surface area contributed by atoms with E-state index in [4.69, 9.17) is 17.3 Å². The van der Waals surface area contributed by atoms with Crippen molar-refractivity contribution < 1.29 is 14.4 Å². The summed E-state index contributed by atoms with van der Waals surface area (Å²) in [5.41, 5.74) is 7.34. The smallest absolute Gasteiger partial charge is 0.344 e. The summed E-state index contributed by atoms with van der Waals surface area (Å²) < 4.78 is 1.25. The highest BCUT2D eigenvalue weighted by Crippen LogP contribution is 2.41. The lowest BCUT2D eigenvalue weighted by atomic mass is 9.78. The minimum atomic E-state index is -0.445. The Kier molecular flexibility index (Phi) is 5.85. The molecule has 1 spiro atoms. The number of aromatic nitrogens is 2. The maximum atomic E-state index is 12.7. The van der Waals surface area contributed by atoms with Crippen LogP contribution in [-0.4, -0.2) is 63.5 Å². The third-order valence-electron chi connectivity index (χ3n) is 6.48. The van der Waals surface area contributed by atoms with E-state index in [0.29, 0.717) is 35.9 Å². The van der Waals surface area contributed by atoms with Crippen molar-refractivity contribution in [3.8, 4) is 0 Å². The van der Waals surface area contributed by atoms with E-state index >= 15 is 0 Å². The van der Waals surface area contributed by atoms with Crippen LogP contribution in [0.15, 0.2) is 30.5 Å². The van der Waals surface area contributed by atoms with Crippen LogP contribution in [-0.2, 0) is 6.54 Å². The lowest BCUT2D eigenvalue weighted by Crippen LogP contribution is -2.45. The fraction of sp³-hybridized carbons (Fsp3) is 0.455. The lowest BCUT2D eigenvalue weighted by Gasteiger charge is -2.39. The van der Waals surface area contributed by atoms with Crippen LogP contribution >= 0.6 is 11.6 Å². The van der Waals surface area contributed by atoms with Gasteiger partial charge in [0.15, 0.2) is 5.78 Å². The van der Waals surface area contributed by atoms with E-state index in [-0.39, 0.29) is 17.2 Å². The normalized spacial score (nSPS) is 18.5. The number of benzene rings is 1. The molecule has 1 aromatic carbocycles. The Morgan fingerprint density at radius 3 is 2.48 bits per heavy atom. The molecule has 2 aromatic rings. The van der Waals surface area contributed by atoms with Gasteiger partial charge in [0.2, 0.25) is 5.91 Å². The maximum Gasteiger partial charge on any atom is 0.344 e. The van der Waals surface area contributed by atoms with Gasteiger partial charge >= 0.3 is 6.03 Å². The molecule has 2 fully saturated rings. The molecule has 0 bridgehead atoms. The van der Waals surface area contributed by atoms with Gasteiger partial charge in [0.05, 0.1) is 0 Å². The van der Waals surface area contributed by atoms with Gasteiger partial charge < -0.3 is 10.6 Å². The zero-order chi connectivity index (χ0) is 22.2. The molecule has 2 N–H and O–H groups in total. The predicted molar refractivity (Wildman–Crippen MR) is 116 cm³/mol. The van der Waals surface area contributed by atoms with E-state index in [1.54, 1.807) is 29.3 Å². The van der Waals surface area contributed by atoms with Gasteiger partial charge in [-0.3, -0.25) is 14.5 Å². The number of amides is 2. The van der Waals surface area contributed by atoms with Crippen molar-refractivity contribution >= 4 is 29.3 Å². The molecule has 1 aromatic heterocycles. The van der Waals surface area contributed by atoms with Crippen LogP contribution in [0.4, 0.5) is 4.79 Å². The molecule has 0 atom stereocenters. The molecule has 2 aliphatic heterocycles. The number of primary amides is 1. The molecule has 0 aliphatic carbocycles. The number of ketones is 1. The van der Waals surface area contributed by atoms with E-state index in [1.807, 2.05) is 6.07 Å².